The van der Waals surface area contributed by atoms with Crippen LogP contribution in [0, 0.1) is 17.8 Å². The summed E-state index contributed by atoms with van der Waals surface area (Å²) in [5.74, 6) is 2.64. The Hall–Kier alpha value is -0.770. The van der Waals surface area contributed by atoms with Gasteiger partial charge in [0.15, 0.2) is 0 Å². The van der Waals surface area contributed by atoms with E-state index in [1.165, 1.54) is 0 Å². The molecule has 90 valence electrons. The first-order chi connectivity index (χ1) is 7.33. The van der Waals surface area contributed by atoms with Gasteiger partial charge in [0.2, 0.25) is 7.37 Å². The molecule has 0 saturated carbocycles. The maximum atomic E-state index is 11.6. The second-order valence-corrected chi connectivity index (χ2v) is 7.01. The van der Waals surface area contributed by atoms with Crippen molar-refractivity contribution in [3.63, 3.8) is 0 Å². The quantitative estimate of drug-likeness (QED) is 0.420. The molecule has 0 aliphatic carbocycles. The Bertz CT molecular complexity index is 334. The molecule has 0 rings (SSSR count). The maximum absolute atomic E-state index is 11.6. The Labute approximate surface area is 98.9 Å². The Morgan fingerprint density at radius 2 is 2.00 bits per heavy atom. The van der Waals surface area contributed by atoms with Crippen molar-refractivity contribution in [2.75, 3.05) is 12.3 Å². The van der Waals surface area contributed by atoms with Crippen LogP contribution in [0.1, 0.15) is 26.7 Å². The van der Waals surface area contributed by atoms with E-state index < -0.39 is 7.37 Å². The predicted molar refractivity (Wildman–Crippen MR) is 70.7 cm³/mol. The Balaban J connectivity index is 4.04. The number of allylic oxidation sites excluding steroid dienone is 3. The molecule has 2 nitrogen and oxygen atoms in total. The molecule has 0 amide bonds. The molecule has 1 atom stereocenters. The van der Waals surface area contributed by atoms with Crippen molar-refractivity contribution in [3.05, 3.63) is 24.8 Å². The lowest BCUT2D eigenvalue weighted by molar-refractivity contribution is 0.477. The molecule has 0 aromatic rings. The number of rotatable bonds is 7. The molecule has 0 aromatic heterocycles. The van der Waals surface area contributed by atoms with Crippen molar-refractivity contribution in [2.45, 2.75) is 26.7 Å². The van der Waals surface area contributed by atoms with Gasteiger partial charge in [0.25, 0.3) is 0 Å². The molecule has 0 aromatic carbocycles. The molecule has 0 radical (unpaired) electrons. The van der Waals surface area contributed by atoms with Gasteiger partial charge in [-0.25, -0.2) is 0 Å². The SMILES string of the molecule is C#CC(C)(C)C=CCCP(=O)(O)CCC=C. The van der Waals surface area contributed by atoms with Crippen molar-refractivity contribution < 1.29 is 9.46 Å². The zero-order valence-corrected chi connectivity index (χ0v) is 11.0. The molecule has 0 heterocycles. The minimum Gasteiger partial charge on any atom is -0.344 e. The van der Waals surface area contributed by atoms with E-state index in [1.807, 2.05) is 26.0 Å². The van der Waals surface area contributed by atoms with E-state index in [2.05, 4.69) is 12.5 Å². The molecule has 0 aliphatic heterocycles. The van der Waals surface area contributed by atoms with E-state index in [-0.39, 0.29) is 5.41 Å². The van der Waals surface area contributed by atoms with Crippen LogP contribution in [0.15, 0.2) is 24.8 Å². The molecule has 3 heteroatoms. The smallest absolute Gasteiger partial charge is 0.201 e. The Morgan fingerprint density at radius 1 is 1.44 bits per heavy atom. The van der Waals surface area contributed by atoms with Crippen LogP contribution in [0.25, 0.3) is 0 Å². The number of hydrogen-bond donors (Lipinski definition) is 1. The summed E-state index contributed by atoms with van der Waals surface area (Å²) in [5, 5.41) is 0. The summed E-state index contributed by atoms with van der Waals surface area (Å²) in [6.07, 6.45) is 12.6. The van der Waals surface area contributed by atoms with Crippen LogP contribution in [0.3, 0.4) is 0 Å². The zero-order valence-electron chi connectivity index (χ0n) is 10.1. The first-order valence-corrected chi connectivity index (χ1v) is 7.43. The van der Waals surface area contributed by atoms with Gasteiger partial charge >= 0.3 is 0 Å². The molecule has 0 saturated heterocycles. The third kappa shape index (κ3) is 7.51. The maximum Gasteiger partial charge on any atom is 0.201 e. The Kier molecular flexibility index (Phi) is 6.41. The molecular formula is C13H21O2P. The minimum atomic E-state index is -2.97. The molecule has 0 fully saturated rings. The summed E-state index contributed by atoms with van der Waals surface area (Å²) in [4.78, 5) is 9.57. The monoisotopic (exact) mass is 240 g/mol. The standard InChI is InChI=1S/C13H21O2P/c1-5-7-11-16(14,15)12-9-8-10-13(3,4)6-2/h2,5,8,10H,1,7,9,11-12H2,3-4H3,(H,14,15). The van der Waals surface area contributed by atoms with Gasteiger partial charge in [-0.2, -0.15) is 0 Å². The summed E-state index contributed by atoms with van der Waals surface area (Å²) in [6.45, 7) is 7.40. The molecule has 0 aliphatic rings. The lowest BCUT2D eigenvalue weighted by Crippen LogP contribution is -2.02. The molecule has 1 N–H and O–H groups in total. The fourth-order valence-electron chi connectivity index (χ4n) is 1.11. The minimum absolute atomic E-state index is 0.277. The summed E-state index contributed by atoms with van der Waals surface area (Å²) in [5.41, 5.74) is -0.277. The third-order valence-corrected chi connectivity index (χ3v) is 4.15. The van der Waals surface area contributed by atoms with Gasteiger partial charge in [0.05, 0.1) is 0 Å². The molecular weight excluding hydrogens is 219 g/mol. The topological polar surface area (TPSA) is 37.3 Å². The van der Waals surface area contributed by atoms with Crippen LogP contribution in [0.4, 0.5) is 0 Å². The summed E-state index contributed by atoms with van der Waals surface area (Å²) in [7, 11) is -2.97. The first kappa shape index (κ1) is 15.2. The van der Waals surface area contributed by atoms with Gasteiger partial charge in [-0.3, -0.25) is 4.57 Å². The van der Waals surface area contributed by atoms with Gasteiger partial charge in [0, 0.05) is 17.7 Å². The van der Waals surface area contributed by atoms with Crippen LogP contribution in [0.2, 0.25) is 0 Å². The Morgan fingerprint density at radius 3 is 2.50 bits per heavy atom. The van der Waals surface area contributed by atoms with Gasteiger partial charge in [-0.15, -0.1) is 13.0 Å². The van der Waals surface area contributed by atoms with Crippen LogP contribution in [-0.2, 0) is 4.57 Å². The van der Waals surface area contributed by atoms with E-state index in [4.69, 9.17) is 6.42 Å². The predicted octanol–water partition coefficient (Wildman–Crippen LogP) is 3.44. The van der Waals surface area contributed by atoms with Crippen molar-refractivity contribution in [3.8, 4) is 12.3 Å². The summed E-state index contributed by atoms with van der Waals surface area (Å²) < 4.78 is 11.6. The van der Waals surface area contributed by atoms with Gasteiger partial charge in [0.1, 0.15) is 0 Å². The second-order valence-electron chi connectivity index (χ2n) is 4.43. The normalized spacial score (nSPS) is 15.6. The van der Waals surface area contributed by atoms with E-state index in [1.54, 1.807) is 6.08 Å². The molecule has 16 heavy (non-hydrogen) atoms. The number of terminal acetylenes is 1. The lowest BCUT2D eigenvalue weighted by atomic mass is 9.94. The fraction of sp³-hybridized carbons (Fsp3) is 0.538. The van der Waals surface area contributed by atoms with E-state index in [9.17, 15) is 9.46 Å². The first-order valence-electron chi connectivity index (χ1n) is 5.40. The molecule has 1 unspecified atom stereocenters. The highest BCUT2D eigenvalue weighted by Gasteiger charge is 2.15. The average molecular weight is 240 g/mol. The number of hydrogen-bond acceptors (Lipinski definition) is 1. The van der Waals surface area contributed by atoms with Gasteiger partial charge < -0.3 is 4.89 Å². The summed E-state index contributed by atoms with van der Waals surface area (Å²) in [6, 6.07) is 0. The van der Waals surface area contributed by atoms with Crippen LogP contribution < -0.4 is 0 Å². The third-order valence-electron chi connectivity index (χ3n) is 2.23. The van der Waals surface area contributed by atoms with Crippen molar-refractivity contribution in [1.82, 2.24) is 0 Å². The highest BCUT2D eigenvalue weighted by molar-refractivity contribution is 7.57. The molecule has 0 bridgehead atoms. The van der Waals surface area contributed by atoms with E-state index in [0.717, 1.165) is 0 Å². The lowest BCUT2D eigenvalue weighted by Gasteiger charge is -2.11. The van der Waals surface area contributed by atoms with Gasteiger partial charge in [-0.05, 0) is 26.7 Å². The average Bonchev–Trinajstić information content (AvgIpc) is 2.22. The van der Waals surface area contributed by atoms with E-state index in [0.29, 0.717) is 25.2 Å². The largest absolute Gasteiger partial charge is 0.344 e. The zero-order chi connectivity index (χ0) is 12.7. The fourth-order valence-corrected chi connectivity index (χ4v) is 2.47. The van der Waals surface area contributed by atoms with Crippen LogP contribution in [-0.4, -0.2) is 17.2 Å². The van der Waals surface area contributed by atoms with Crippen molar-refractivity contribution >= 4 is 7.37 Å². The highest BCUT2D eigenvalue weighted by Crippen LogP contribution is 2.41. The highest BCUT2D eigenvalue weighted by atomic mass is 31.2. The van der Waals surface area contributed by atoms with Crippen molar-refractivity contribution in [1.29, 1.82) is 0 Å². The van der Waals surface area contributed by atoms with Crippen LogP contribution in [0.5, 0.6) is 0 Å². The van der Waals surface area contributed by atoms with Crippen molar-refractivity contribution in [2.24, 2.45) is 5.41 Å². The van der Waals surface area contributed by atoms with E-state index >= 15 is 0 Å². The molecule has 0 spiro atoms. The second kappa shape index (κ2) is 6.74. The van der Waals surface area contributed by atoms with Gasteiger partial charge in [-0.1, -0.05) is 24.1 Å². The summed E-state index contributed by atoms with van der Waals surface area (Å²) >= 11 is 0. The van der Waals surface area contributed by atoms with Crippen LogP contribution >= 0.6 is 7.37 Å².